The molecule has 1 aromatic carbocycles. The highest BCUT2D eigenvalue weighted by Crippen LogP contribution is 2.39. The van der Waals surface area contributed by atoms with E-state index in [1.807, 2.05) is 18.4 Å². The minimum absolute atomic E-state index is 0.342. The Morgan fingerprint density at radius 1 is 1.15 bits per heavy atom. The molecule has 1 aliphatic rings. The van der Waals surface area contributed by atoms with Gasteiger partial charge in [0.05, 0.1) is 12.2 Å². The average molecular weight is 458 g/mol. The first-order valence-corrected chi connectivity index (χ1v) is 12.6. The van der Waals surface area contributed by atoms with Crippen LogP contribution in [-0.4, -0.2) is 49.9 Å². The average Bonchev–Trinajstić information content (AvgIpc) is 3.40. The van der Waals surface area contributed by atoms with E-state index >= 15 is 0 Å². The second kappa shape index (κ2) is 8.99. The summed E-state index contributed by atoms with van der Waals surface area (Å²) in [7, 11) is 0. The zero-order valence-electron chi connectivity index (χ0n) is 21.0. The van der Waals surface area contributed by atoms with E-state index in [1.54, 1.807) is 0 Å². The zero-order chi connectivity index (χ0) is 24.0. The number of piperidine rings is 1. The third-order valence-electron chi connectivity index (χ3n) is 7.34. The molecule has 6 nitrogen and oxygen atoms in total. The maximum atomic E-state index is 11.8. The first-order valence-electron chi connectivity index (χ1n) is 12.6. The van der Waals surface area contributed by atoms with Crippen LogP contribution in [0.25, 0.3) is 27.8 Å². The van der Waals surface area contributed by atoms with Crippen molar-refractivity contribution in [2.24, 2.45) is 0 Å². The Kier molecular flexibility index (Phi) is 6.02. The van der Waals surface area contributed by atoms with Crippen molar-refractivity contribution in [1.82, 2.24) is 24.5 Å². The van der Waals surface area contributed by atoms with Crippen LogP contribution in [0.4, 0.5) is 0 Å². The van der Waals surface area contributed by atoms with E-state index in [1.165, 1.54) is 22.0 Å². The van der Waals surface area contributed by atoms with Gasteiger partial charge in [0, 0.05) is 28.6 Å². The molecule has 4 heterocycles. The summed E-state index contributed by atoms with van der Waals surface area (Å²) in [6.07, 6.45) is 2.84. The number of Topliss-reactive ketones (excluding diaryl/α,β-unsaturated/α-hetero) is 1. The van der Waals surface area contributed by atoms with Gasteiger partial charge in [0.1, 0.15) is 11.6 Å². The van der Waals surface area contributed by atoms with Crippen molar-refractivity contribution in [1.29, 1.82) is 0 Å². The number of carbonyl (C=O) groups is 1. The molecule has 0 aliphatic carbocycles. The quantitative estimate of drug-likeness (QED) is 0.399. The van der Waals surface area contributed by atoms with Gasteiger partial charge in [-0.15, -0.1) is 0 Å². The van der Waals surface area contributed by atoms with Crippen LogP contribution in [0, 0.1) is 13.8 Å². The number of pyridine rings is 1. The Morgan fingerprint density at radius 3 is 2.62 bits per heavy atom. The van der Waals surface area contributed by atoms with E-state index in [2.05, 4.69) is 66.1 Å². The molecule has 0 atom stereocenters. The fourth-order valence-electron chi connectivity index (χ4n) is 5.46. The number of aromatic nitrogens is 4. The molecule has 0 saturated carbocycles. The smallest absolute Gasteiger partial charge is 0.165 e. The molecule has 3 aromatic heterocycles. The molecule has 1 N–H and O–H groups in total. The summed E-state index contributed by atoms with van der Waals surface area (Å²) in [5.41, 5.74) is 8.15. The minimum atomic E-state index is 0.342. The van der Waals surface area contributed by atoms with Crippen molar-refractivity contribution < 1.29 is 4.79 Å². The van der Waals surface area contributed by atoms with Crippen LogP contribution in [0.2, 0.25) is 0 Å². The van der Waals surface area contributed by atoms with Gasteiger partial charge in [0.25, 0.3) is 0 Å². The van der Waals surface area contributed by atoms with Gasteiger partial charge in [-0.3, -0.25) is 9.69 Å². The predicted octanol–water partition coefficient (Wildman–Crippen LogP) is 5.78. The Labute approximate surface area is 201 Å². The monoisotopic (exact) mass is 457 g/mol. The standard InChI is InChI=1S/C28H35N5O/c1-6-22(34)16-32-13-11-20(12-14-32)21-8-10-25-24(15-21)26(17(2)3)27(30-25)23-9-7-18(4)33-28(23)29-19(5)31-33/h7-10,15,17,20,30H,6,11-14,16H2,1-5H3. The Morgan fingerprint density at radius 2 is 1.91 bits per heavy atom. The van der Waals surface area contributed by atoms with E-state index in [9.17, 15) is 4.79 Å². The number of benzene rings is 1. The van der Waals surface area contributed by atoms with Gasteiger partial charge in [-0.25, -0.2) is 9.50 Å². The molecule has 0 radical (unpaired) electrons. The molecule has 0 bridgehead atoms. The molecule has 4 aromatic rings. The summed E-state index contributed by atoms with van der Waals surface area (Å²) in [4.78, 5) is 22.6. The van der Waals surface area contributed by atoms with E-state index in [4.69, 9.17) is 4.98 Å². The Bertz CT molecular complexity index is 1350. The summed E-state index contributed by atoms with van der Waals surface area (Å²) in [6.45, 7) is 13.1. The second-order valence-corrected chi connectivity index (χ2v) is 10.1. The summed E-state index contributed by atoms with van der Waals surface area (Å²) >= 11 is 0. The number of likely N-dealkylation sites (tertiary alicyclic amines) is 1. The van der Waals surface area contributed by atoms with Crippen molar-refractivity contribution in [2.45, 2.75) is 65.7 Å². The zero-order valence-corrected chi connectivity index (χ0v) is 21.0. The molecule has 0 unspecified atom stereocenters. The van der Waals surface area contributed by atoms with E-state index in [0.29, 0.717) is 30.6 Å². The predicted molar refractivity (Wildman–Crippen MR) is 138 cm³/mol. The van der Waals surface area contributed by atoms with Gasteiger partial charge in [-0.1, -0.05) is 26.8 Å². The largest absolute Gasteiger partial charge is 0.354 e. The summed E-state index contributed by atoms with van der Waals surface area (Å²) in [6, 6.07) is 11.2. The fourth-order valence-corrected chi connectivity index (χ4v) is 5.46. The Balaban J connectivity index is 1.52. The highest BCUT2D eigenvalue weighted by atomic mass is 16.1. The van der Waals surface area contributed by atoms with Crippen LogP contribution < -0.4 is 0 Å². The second-order valence-electron chi connectivity index (χ2n) is 10.1. The number of nitrogens with one attached hydrogen (secondary N) is 1. The molecular weight excluding hydrogens is 422 g/mol. The lowest BCUT2D eigenvalue weighted by Crippen LogP contribution is -2.36. The van der Waals surface area contributed by atoms with Gasteiger partial charge in [0.15, 0.2) is 5.65 Å². The van der Waals surface area contributed by atoms with Crippen molar-refractivity contribution in [3.05, 3.63) is 53.0 Å². The summed E-state index contributed by atoms with van der Waals surface area (Å²) in [5.74, 6) is 2.04. The first kappa shape index (κ1) is 22.8. The number of nitrogens with zero attached hydrogens (tertiary/aromatic N) is 4. The summed E-state index contributed by atoms with van der Waals surface area (Å²) in [5, 5.41) is 5.91. The highest BCUT2D eigenvalue weighted by molar-refractivity contribution is 5.94. The maximum Gasteiger partial charge on any atom is 0.165 e. The molecule has 1 saturated heterocycles. The minimum Gasteiger partial charge on any atom is -0.354 e. The number of rotatable bonds is 6. The number of carbonyl (C=O) groups excluding carboxylic acids is 1. The van der Waals surface area contributed by atoms with Crippen molar-refractivity contribution >= 4 is 22.3 Å². The summed E-state index contributed by atoms with van der Waals surface area (Å²) < 4.78 is 1.95. The SMILES string of the molecule is CCC(=O)CN1CCC(c2ccc3[nH]c(-c4ccc(C)n5nc(C)nc45)c(C(C)C)c3c2)CC1. The number of fused-ring (bicyclic) bond motifs is 2. The topological polar surface area (TPSA) is 66.3 Å². The van der Waals surface area contributed by atoms with Crippen LogP contribution in [0.15, 0.2) is 30.3 Å². The van der Waals surface area contributed by atoms with Crippen molar-refractivity contribution in [2.75, 3.05) is 19.6 Å². The third kappa shape index (κ3) is 4.05. The number of H-pyrrole nitrogens is 1. The van der Waals surface area contributed by atoms with Crippen LogP contribution in [0.3, 0.4) is 0 Å². The molecule has 5 rings (SSSR count). The molecule has 6 heteroatoms. The number of ketones is 1. The van der Waals surface area contributed by atoms with Gasteiger partial charge in [-0.2, -0.15) is 5.10 Å². The van der Waals surface area contributed by atoms with Gasteiger partial charge in [0.2, 0.25) is 0 Å². The number of aryl methyl sites for hydroxylation is 2. The molecule has 1 aliphatic heterocycles. The lowest BCUT2D eigenvalue weighted by molar-refractivity contribution is -0.120. The third-order valence-corrected chi connectivity index (χ3v) is 7.34. The molecule has 178 valence electrons. The van der Waals surface area contributed by atoms with Crippen LogP contribution in [-0.2, 0) is 4.79 Å². The normalized spacial score (nSPS) is 15.7. The van der Waals surface area contributed by atoms with E-state index < -0.39 is 0 Å². The molecule has 0 amide bonds. The van der Waals surface area contributed by atoms with E-state index in [0.717, 1.165) is 54.4 Å². The lowest BCUT2D eigenvalue weighted by atomic mass is 9.87. The van der Waals surface area contributed by atoms with Gasteiger partial charge >= 0.3 is 0 Å². The number of aromatic amines is 1. The molecule has 1 fully saturated rings. The van der Waals surface area contributed by atoms with Crippen molar-refractivity contribution in [3.63, 3.8) is 0 Å². The lowest BCUT2D eigenvalue weighted by Gasteiger charge is -2.31. The van der Waals surface area contributed by atoms with Crippen LogP contribution in [0.5, 0.6) is 0 Å². The van der Waals surface area contributed by atoms with Gasteiger partial charge in [-0.05, 0) is 87.0 Å². The number of hydrogen-bond donors (Lipinski definition) is 1. The Hall–Kier alpha value is -2.99. The molecular formula is C28H35N5O. The van der Waals surface area contributed by atoms with E-state index in [-0.39, 0.29) is 0 Å². The maximum absolute atomic E-state index is 11.8. The van der Waals surface area contributed by atoms with Crippen molar-refractivity contribution in [3.8, 4) is 11.3 Å². The highest BCUT2D eigenvalue weighted by Gasteiger charge is 2.24. The molecule has 0 spiro atoms. The van der Waals surface area contributed by atoms with Crippen LogP contribution >= 0.6 is 0 Å². The molecule has 34 heavy (non-hydrogen) atoms. The van der Waals surface area contributed by atoms with Gasteiger partial charge < -0.3 is 4.98 Å². The fraction of sp³-hybridized carbons (Fsp3) is 0.464. The van der Waals surface area contributed by atoms with Crippen LogP contribution in [0.1, 0.15) is 74.5 Å². The number of hydrogen-bond acceptors (Lipinski definition) is 4. The first-order chi connectivity index (χ1) is 16.4.